The van der Waals surface area contributed by atoms with Gasteiger partial charge in [-0.2, -0.15) is 0 Å². The number of aromatic nitrogens is 1. The summed E-state index contributed by atoms with van der Waals surface area (Å²) in [5.41, 5.74) is 2.18. The molecular formula is C23H28N2O3. The average Bonchev–Trinajstić information content (AvgIpc) is 3.34. The fourth-order valence-electron chi connectivity index (χ4n) is 4.47. The lowest BCUT2D eigenvalue weighted by molar-refractivity contribution is 0.329. The normalized spacial score (nSPS) is 19.2. The summed E-state index contributed by atoms with van der Waals surface area (Å²) in [5, 5.41) is 10.0. The first kappa shape index (κ1) is 18.8. The van der Waals surface area contributed by atoms with Gasteiger partial charge in [0, 0.05) is 35.8 Å². The first-order chi connectivity index (χ1) is 13.7. The molecule has 0 amide bonds. The van der Waals surface area contributed by atoms with Crippen LogP contribution in [0.15, 0.2) is 40.9 Å². The van der Waals surface area contributed by atoms with Gasteiger partial charge in [-0.25, -0.2) is 0 Å². The summed E-state index contributed by atoms with van der Waals surface area (Å²) in [6.45, 7) is 2.77. The van der Waals surface area contributed by atoms with E-state index in [2.05, 4.69) is 28.7 Å². The average molecular weight is 380 g/mol. The first-order valence-corrected chi connectivity index (χ1v) is 9.97. The Hall–Kier alpha value is -2.53. The molecule has 1 aliphatic carbocycles. The number of benzene rings is 2. The Balaban J connectivity index is 1.53. The van der Waals surface area contributed by atoms with Gasteiger partial charge in [0.2, 0.25) is 0 Å². The summed E-state index contributed by atoms with van der Waals surface area (Å²) >= 11 is 0. The summed E-state index contributed by atoms with van der Waals surface area (Å²) in [4.78, 5) is 0. The molecule has 0 bridgehead atoms. The number of nitrogens with zero attached hydrogens (tertiary/aromatic N) is 1. The predicted octanol–water partition coefficient (Wildman–Crippen LogP) is 4.65. The molecule has 5 nitrogen and oxygen atoms in total. The van der Waals surface area contributed by atoms with Gasteiger partial charge in [0.05, 0.1) is 19.9 Å². The number of rotatable bonds is 7. The molecule has 5 heteroatoms. The molecule has 0 aliphatic heterocycles. The van der Waals surface area contributed by atoms with Crippen LogP contribution in [0.1, 0.15) is 36.3 Å². The van der Waals surface area contributed by atoms with Crippen LogP contribution in [-0.2, 0) is 13.0 Å². The van der Waals surface area contributed by atoms with Gasteiger partial charge >= 0.3 is 0 Å². The molecule has 0 radical (unpaired) electrons. The van der Waals surface area contributed by atoms with Crippen molar-refractivity contribution in [2.75, 3.05) is 14.2 Å². The molecule has 0 unspecified atom stereocenters. The number of ether oxygens (including phenoxy) is 2. The van der Waals surface area contributed by atoms with E-state index in [-0.39, 0.29) is 0 Å². The van der Waals surface area contributed by atoms with Crippen molar-refractivity contribution in [1.29, 1.82) is 0 Å². The van der Waals surface area contributed by atoms with E-state index in [4.69, 9.17) is 14.0 Å². The van der Waals surface area contributed by atoms with Crippen LogP contribution in [0.3, 0.4) is 0 Å². The third-order valence-electron chi connectivity index (χ3n) is 5.84. The van der Waals surface area contributed by atoms with Crippen molar-refractivity contribution >= 4 is 10.8 Å². The van der Waals surface area contributed by atoms with Crippen molar-refractivity contribution in [2.24, 2.45) is 5.92 Å². The SMILES string of the molecule is COc1ccc(CN[C@@H]2CCC[C@H]2Cc2cc(C)no2)c2c(OC)cccc12. The van der Waals surface area contributed by atoms with Crippen molar-refractivity contribution < 1.29 is 14.0 Å². The Bertz CT molecular complexity index is 950. The lowest BCUT2D eigenvalue weighted by Crippen LogP contribution is -2.33. The van der Waals surface area contributed by atoms with Crippen LogP contribution in [0.5, 0.6) is 11.5 Å². The fourth-order valence-corrected chi connectivity index (χ4v) is 4.47. The Kier molecular flexibility index (Phi) is 5.53. The first-order valence-electron chi connectivity index (χ1n) is 9.97. The zero-order valence-corrected chi connectivity index (χ0v) is 16.8. The van der Waals surface area contributed by atoms with Crippen molar-refractivity contribution in [2.45, 2.75) is 45.2 Å². The second kappa shape index (κ2) is 8.23. The zero-order valence-electron chi connectivity index (χ0n) is 16.8. The van der Waals surface area contributed by atoms with Crippen LogP contribution in [0, 0.1) is 12.8 Å². The lowest BCUT2D eigenvalue weighted by atomic mass is 9.97. The Morgan fingerprint density at radius 2 is 1.96 bits per heavy atom. The number of hydrogen-bond acceptors (Lipinski definition) is 5. The van der Waals surface area contributed by atoms with Crippen molar-refractivity contribution in [3.63, 3.8) is 0 Å². The number of hydrogen-bond donors (Lipinski definition) is 1. The van der Waals surface area contributed by atoms with Crippen molar-refractivity contribution in [3.05, 3.63) is 53.4 Å². The van der Waals surface area contributed by atoms with E-state index in [0.717, 1.165) is 46.7 Å². The maximum absolute atomic E-state index is 5.64. The van der Waals surface area contributed by atoms with Gasteiger partial charge in [0.15, 0.2) is 0 Å². The molecule has 0 saturated heterocycles. The summed E-state index contributed by atoms with van der Waals surface area (Å²) in [6.07, 6.45) is 4.63. The van der Waals surface area contributed by atoms with Crippen LogP contribution in [-0.4, -0.2) is 25.4 Å². The highest BCUT2D eigenvalue weighted by molar-refractivity contribution is 5.95. The highest BCUT2D eigenvalue weighted by atomic mass is 16.5. The zero-order chi connectivity index (χ0) is 19.5. The number of nitrogens with one attached hydrogen (secondary N) is 1. The molecule has 1 aromatic heterocycles. The molecule has 1 heterocycles. The molecule has 2 aromatic carbocycles. The van der Waals surface area contributed by atoms with Crippen LogP contribution in [0.4, 0.5) is 0 Å². The van der Waals surface area contributed by atoms with E-state index in [1.54, 1.807) is 14.2 Å². The maximum atomic E-state index is 5.64. The van der Waals surface area contributed by atoms with E-state index in [1.807, 2.05) is 25.1 Å². The molecule has 1 N–H and O–H groups in total. The Morgan fingerprint density at radius 1 is 1.11 bits per heavy atom. The fraction of sp³-hybridized carbons (Fsp3) is 0.435. The number of methoxy groups -OCH3 is 2. The van der Waals surface area contributed by atoms with Gasteiger partial charge in [-0.15, -0.1) is 0 Å². The predicted molar refractivity (Wildman–Crippen MR) is 110 cm³/mol. The molecule has 1 fully saturated rings. The quantitative estimate of drug-likeness (QED) is 0.646. The van der Waals surface area contributed by atoms with Gasteiger partial charge in [-0.05, 0) is 43.4 Å². The summed E-state index contributed by atoms with van der Waals surface area (Å²) in [7, 11) is 3.43. The van der Waals surface area contributed by atoms with E-state index in [9.17, 15) is 0 Å². The minimum absolute atomic E-state index is 0.484. The lowest BCUT2D eigenvalue weighted by Gasteiger charge is -2.21. The molecular weight excluding hydrogens is 352 g/mol. The number of fused-ring (bicyclic) bond motifs is 1. The second-order valence-corrected chi connectivity index (χ2v) is 7.63. The van der Waals surface area contributed by atoms with Crippen LogP contribution in [0.2, 0.25) is 0 Å². The molecule has 148 valence electrons. The smallest absolute Gasteiger partial charge is 0.137 e. The highest BCUT2D eigenvalue weighted by Crippen LogP contribution is 2.36. The third kappa shape index (κ3) is 3.72. The van der Waals surface area contributed by atoms with Gasteiger partial charge in [0.25, 0.3) is 0 Å². The highest BCUT2D eigenvalue weighted by Gasteiger charge is 2.28. The maximum Gasteiger partial charge on any atom is 0.137 e. The largest absolute Gasteiger partial charge is 0.496 e. The minimum atomic E-state index is 0.484. The standard InChI is InChI=1S/C23H28N2O3/c1-15-12-18(28-25-15)13-16-6-4-8-20(16)24-14-17-10-11-21(26-2)19-7-5-9-22(27-3)23(17)19/h5,7,9-12,16,20,24H,4,6,8,13-14H2,1-3H3/t16-,20+/m0/s1. The Labute approximate surface area is 166 Å². The van der Waals surface area contributed by atoms with Gasteiger partial charge in [-0.1, -0.05) is 29.8 Å². The second-order valence-electron chi connectivity index (χ2n) is 7.63. The molecule has 28 heavy (non-hydrogen) atoms. The van der Waals surface area contributed by atoms with E-state index < -0.39 is 0 Å². The van der Waals surface area contributed by atoms with Crippen LogP contribution >= 0.6 is 0 Å². The van der Waals surface area contributed by atoms with Crippen LogP contribution < -0.4 is 14.8 Å². The molecule has 3 aromatic rings. The van der Waals surface area contributed by atoms with Crippen LogP contribution in [0.25, 0.3) is 10.8 Å². The number of aryl methyl sites for hydroxylation is 1. The summed E-state index contributed by atoms with van der Waals surface area (Å²) in [6, 6.07) is 12.8. The summed E-state index contributed by atoms with van der Waals surface area (Å²) < 4.78 is 16.6. The van der Waals surface area contributed by atoms with Gasteiger partial charge < -0.3 is 19.3 Å². The summed E-state index contributed by atoms with van der Waals surface area (Å²) in [5.74, 6) is 3.33. The molecule has 2 atom stereocenters. The van der Waals surface area contributed by atoms with Gasteiger partial charge in [-0.3, -0.25) is 0 Å². The minimum Gasteiger partial charge on any atom is -0.496 e. The topological polar surface area (TPSA) is 56.5 Å². The van der Waals surface area contributed by atoms with E-state index in [1.165, 1.54) is 24.8 Å². The molecule has 4 rings (SSSR count). The monoisotopic (exact) mass is 380 g/mol. The molecule has 1 aliphatic rings. The van der Waals surface area contributed by atoms with Gasteiger partial charge in [0.1, 0.15) is 17.3 Å². The third-order valence-corrected chi connectivity index (χ3v) is 5.84. The molecule has 1 saturated carbocycles. The van der Waals surface area contributed by atoms with Crippen molar-refractivity contribution in [1.82, 2.24) is 10.5 Å². The van der Waals surface area contributed by atoms with E-state index >= 15 is 0 Å². The Morgan fingerprint density at radius 3 is 2.71 bits per heavy atom. The van der Waals surface area contributed by atoms with Crippen molar-refractivity contribution in [3.8, 4) is 11.5 Å². The van der Waals surface area contributed by atoms with E-state index in [0.29, 0.717) is 12.0 Å². The molecule has 0 spiro atoms.